The van der Waals surface area contributed by atoms with E-state index in [1.165, 1.54) is 0 Å². The summed E-state index contributed by atoms with van der Waals surface area (Å²) in [5.74, 6) is 0.660. The van der Waals surface area contributed by atoms with Gasteiger partial charge in [-0.25, -0.2) is 0 Å². The highest BCUT2D eigenvalue weighted by molar-refractivity contribution is 5.92. The van der Waals surface area contributed by atoms with Crippen molar-refractivity contribution >= 4 is 5.91 Å². The first-order chi connectivity index (χ1) is 8.15. The van der Waals surface area contributed by atoms with Gasteiger partial charge in [0.25, 0.3) is 5.91 Å². The van der Waals surface area contributed by atoms with Gasteiger partial charge < -0.3 is 15.2 Å². The number of nitrogens with two attached hydrogens (primary N) is 1. The van der Waals surface area contributed by atoms with E-state index < -0.39 is 0 Å². The van der Waals surface area contributed by atoms with Crippen LogP contribution in [0.2, 0.25) is 0 Å². The lowest BCUT2D eigenvalue weighted by Gasteiger charge is -2.28. The first-order valence-corrected chi connectivity index (χ1v) is 6.03. The molecule has 2 unspecified atom stereocenters. The fraction of sp³-hybridized carbons (Fsp3) is 0.667. The highest BCUT2D eigenvalue weighted by Crippen LogP contribution is 2.29. The van der Waals surface area contributed by atoms with Crippen molar-refractivity contribution in [1.82, 2.24) is 10.1 Å². The summed E-state index contributed by atoms with van der Waals surface area (Å²) in [7, 11) is 1.82. The van der Waals surface area contributed by atoms with E-state index in [-0.39, 0.29) is 11.9 Å². The molecule has 2 atom stereocenters. The zero-order valence-electron chi connectivity index (χ0n) is 10.3. The van der Waals surface area contributed by atoms with Crippen LogP contribution in [0.15, 0.2) is 10.7 Å². The molecule has 5 heteroatoms. The SMILES string of the molecule is Cc1cnoc1C(=O)N(C)C1CCCC1CN. The Labute approximate surface area is 101 Å². The topological polar surface area (TPSA) is 72.4 Å². The monoisotopic (exact) mass is 237 g/mol. The van der Waals surface area contributed by atoms with Crippen molar-refractivity contribution in [2.24, 2.45) is 11.7 Å². The van der Waals surface area contributed by atoms with Crippen molar-refractivity contribution in [2.75, 3.05) is 13.6 Å². The fourth-order valence-corrected chi connectivity index (χ4v) is 2.61. The number of amides is 1. The number of aryl methyl sites for hydroxylation is 1. The number of carbonyl (C=O) groups excluding carboxylic acids is 1. The molecule has 0 spiro atoms. The molecule has 1 heterocycles. The van der Waals surface area contributed by atoms with E-state index in [1.807, 2.05) is 14.0 Å². The van der Waals surface area contributed by atoms with Gasteiger partial charge in [-0.3, -0.25) is 4.79 Å². The molecule has 1 aliphatic carbocycles. The van der Waals surface area contributed by atoms with Crippen LogP contribution in [-0.4, -0.2) is 35.6 Å². The predicted molar refractivity (Wildman–Crippen MR) is 63.5 cm³/mol. The van der Waals surface area contributed by atoms with Crippen molar-refractivity contribution in [3.05, 3.63) is 17.5 Å². The van der Waals surface area contributed by atoms with Crippen molar-refractivity contribution < 1.29 is 9.32 Å². The van der Waals surface area contributed by atoms with Crippen molar-refractivity contribution in [3.8, 4) is 0 Å². The molecule has 5 nitrogen and oxygen atoms in total. The van der Waals surface area contributed by atoms with Crippen molar-refractivity contribution in [3.63, 3.8) is 0 Å². The normalized spacial score (nSPS) is 23.9. The quantitative estimate of drug-likeness (QED) is 0.856. The number of carbonyl (C=O) groups is 1. The van der Waals surface area contributed by atoms with Crippen LogP contribution in [0.4, 0.5) is 0 Å². The second-order valence-electron chi connectivity index (χ2n) is 4.75. The van der Waals surface area contributed by atoms with Crippen LogP contribution < -0.4 is 5.73 Å². The minimum absolute atomic E-state index is 0.0923. The lowest BCUT2D eigenvalue weighted by Crippen LogP contribution is -2.41. The van der Waals surface area contributed by atoms with Crippen LogP contribution in [-0.2, 0) is 0 Å². The molecule has 0 radical (unpaired) electrons. The average molecular weight is 237 g/mol. The number of nitrogens with zero attached hydrogens (tertiary/aromatic N) is 2. The first kappa shape index (κ1) is 12.1. The third-order valence-corrected chi connectivity index (χ3v) is 3.68. The summed E-state index contributed by atoms with van der Waals surface area (Å²) in [6, 6.07) is 0.233. The first-order valence-electron chi connectivity index (χ1n) is 6.03. The third kappa shape index (κ3) is 2.20. The van der Waals surface area contributed by atoms with Crippen LogP contribution in [0.1, 0.15) is 35.4 Å². The van der Waals surface area contributed by atoms with Crippen LogP contribution in [0.3, 0.4) is 0 Å². The molecule has 1 aliphatic rings. The fourth-order valence-electron chi connectivity index (χ4n) is 2.61. The summed E-state index contributed by atoms with van der Waals surface area (Å²) in [6.45, 7) is 2.46. The van der Waals surface area contributed by atoms with E-state index in [1.54, 1.807) is 11.1 Å². The molecular weight excluding hydrogens is 218 g/mol. The van der Waals surface area contributed by atoms with Gasteiger partial charge in [-0.15, -0.1) is 0 Å². The standard InChI is InChI=1S/C12H19N3O2/c1-8-7-14-17-11(8)12(16)15(2)10-5-3-4-9(10)6-13/h7,9-10H,3-6,13H2,1-2H3. The molecule has 0 aliphatic heterocycles. The van der Waals surface area contributed by atoms with Gasteiger partial charge in [-0.05, 0) is 32.2 Å². The molecule has 1 fully saturated rings. The maximum Gasteiger partial charge on any atom is 0.292 e. The maximum absolute atomic E-state index is 12.2. The second kappa shape index (κ2) is 4.87. The number of hydrogen-bond donors (Lipinski definition) is 1. The van der Waals surface area contributed by atoms with Crippen LogP contribution in [0.25, 0.3) is 0 Å². The summed E-state index contributed by atoms with van der Waals surface area (Å²) >= 11 is 0. The Bertz CT molecular complexity index is 402. The Hall–Kier alpha value is -1.36. The Morgan fingerprint density at radius 2 is 2.41 bits per heavy atom. The van der Waals surface area contributed by atoms with Crippen LogP contribution in [0.5, 0.6) is 0 Å². The lowest BCUT2D eigenvalue weighted by atomic mass is 10.0. The molecule has 0 saturated heterocycles. The Balaban J connectivity index is 2.12. The zero-order valence-corrected chi connectivity index (χ0v) is 10.3. The van der Waals surface area contributed by atoms with Gasteiger partial charge in [0.15, 0.2) is 0 Å². The minimum Gasteiger partial charge on any atom is -0.351 e. The highest BCUT2D eigenvalue weighted by atomic mass is 16.5. The molecule has 1 saturated carbocycles. The average Bonchev–Trinajstić information content (AvgIpc) is 2.95. The largest absolute Gasteiger partial charge is 0.351 e. The molecule has 2 N–H and O–H groups in total. The van der Waals surface area contributed by atoms with Crippen LogP contribution >= 0.6 is 0 Å². The Morgan fingerprint density at radius 1 is 1.65 bits per heavy atom. The number of rotatable bonds is 3. The van der Waals surface area contributed by atoms with Crippen molar-refractivity contribution in [2.45, 2.75) is 32.2 Å². The summed E-state index contributed by atoms with van der Waals surface area (Å²) < 4.78 is 5.00. The highest BCUT2D eigenvalue weighted by Gasteiger charge is 2.33. The molecule has 94 valence electrons. The van der Waals surface area contributed by atoms with E-state index in [4.69, 9.17) is 10.3 Å². The van der Waals surface area contributed by atoms with Gasteiger partial charge >= 0.3 is 0 Å². The number of aromatic nitrogens is 1. The third-order valence-electron chi connectivity index (χ3n) is 3.68. The van der Waals surface area contributed by atoms with Crippen LogP contribution in [0, 0.1) is 12.8 Å². The van der Waals surface area contributed by atoms with E-state index in [9.17, 15) is 4.79 Å². The van der Waals surface area contributed by atoms with Gasteiger partial charge in [0.1, 0.15) is 0 Å². The van der Waals surface area contributed by atoms with E-state index >= 15 is 0 Å². The second-order valence-corrected chi connectivity index (χ2v) is 4.75. The Morgan fingerprint density at radius 3 is 3.00 bits per heavy atom. The molecule has 1 aromatic rings. The molecular formula is C12H19N3O2. The maximum atomic E-state index is 12.2. The van der Waals surface area contributed by atoms with E-state index in [0.717, 1.165) is 24.8 Å². The summed E-state index contributed by atoms with van der Waals surface area (Å²) in [4.78, 5) is 14.0. The lowest BCUT2D eigenvalue weighted by molar-refractivity contribution is 0.0657. The summed E-state index contributed by atoms with van der Waals surface area (Å²) in [5.41, 5.74) is 6.52. The van der Waals surface area contributed by atoms with Gasteiger partial charge in [0.2, 0.25) is 5.76 Å². The smallest absolute Gasteiger partial charge is 0.292 e. The van der Waals surface area contributed by atoms with Gasteiger partial charge in [0.05, 0.1) is 6.20 Å². The minimum atomic E-state index is -0.0923. The van der Waals surface area contributed by atoms with Gasteiger partial charge in [-0.2, -0.15) is 0 Å². The van der Waals surface area contributed by atoms with Gasteiger partial charge in [0, 0.05) is 18.7 Å². The molecule has 1 amide bonds. The molecule has 1 aromatic heterocycles. The van der Waals surface area contributed by atoms with Gasteiger partial charge in [-0.1, -0.05) is 11.6 Å². The van der Waals surface area contributed by atoms with Crippen molar-refractivity contribution in [1.29, 1.82) is 0 Å². The zero-order chi connectivity index (χ0) is 12.4. The van der Waals surface area contributed by atoms with E-state index in [0.29, 0.717) is 18.2 Å². The molecule has 0 aromatic carbocycles. The predicted octanol–water partition coefficient (Wildman–Crippen LogP) is 1.18. The summed E-state index contributed by atoms with van der Waals surface area (Å²) in [5, 5.41) is 3.64. The molecule has 17 heavy (non-hydrogen) atoms. The van der Waals surface area contributed by atoms with E-state index in [2.05, 4.69) is 5.16 Å². The summed E-state index contributed by atoms with van der Waals surface area (Å²) in [6.07, 6.45) is 4.83. The molecule has 0 bridgehead atoms. The number of hydrogen-bond acceptors (Lipinski definition) is 4. The molecule has 2 rings (SSSR count). The Kier molecular flexibility index (Phi) is 3.47.